The molecular formula is C28H34BrN7O3S. The summed E-state index contributed by atoms with van der Waals surface area (Å²) < 4.78 is 26.5. The zero-order chi connectivity index (χ0) is 28.6. The molecule has 1 atom stereocenters. The topological polar surface area (TPSA) is 119 Å². The number of anilines is 2. The molecule has 10 nitrogen and oxygen atoms in total. The Morgan fingerprint density at radius 3 is 2.67 bits per heavy atom. The summed E-state index contributed by atoms with van der Waals surface area (Å²) in [5.41, 5.74) is 10.0. The van der Waals surface area contributed by atoms with Crippen molar-refractivity contribution in [2.75, 3.05) is 43.6 Å². The highest BCUT2D eigenvalue weighted by Gasteiger charge is 2.20. The van der Waals surface area contributed by atoms with E-state index in [2.05, 4.69) is 41.2 Å². The fraction of sp³-hybridized carbons (Fsp3) is 0.321. The highest BCUT2D eigenvalue weighted by Crippen LogP contribution is 2.40. The molecular weight excluding hydrogens is 594 g/mol. The van der Waals surface area contributed by atoms with Crippen molar-refractivity contribution in [3.8, 4) is 16.9 Å². The van der Waals surface area contributed by atoms with Gasteiger partial charge in [0.25, 0.3) is 0 Å². The SMILES string of the molecule is COc1cc(N2CCOCC2)c(-c2cnn(C)c2)cc1NC=C(Br)C(N=CN)=Nc1ccccc1S(=O)C(C)C. The molecule has 1 saturated heterocycles. The van der Waals surface area contributed by atoms with Crippen molar-refractivity contribution < 1.29 is 13.7 Å². The van der Waals surface area contributed by atoms with E-state index in [0.717, 1.165) is 35.6 Å². The minimum absolute atomic E-state index is 0.0552. The standard InChI is InChI=1S/C28H34BrN7O3S/c1-19(2)40(37)27-8-6-5-7-23(27)34-28(32-18-30)22(29)16-31-24-13-21(20-15-33-35(3)17-20)25(14-26(24)38-4)36-9-11-39-12-10-36/h5-8,13-19,31H,9-12H2,1-4H3,(H2,30,32,34). The maximum Gasteiger partial charge on any atom is 0.169 e. The smallest absolute Gasteiger partial charge is 0.169 e. The summed E-state index contributed by atoms with van der Waals surface area (Å²) in [5, 5.41) is 7.65. The van der Waals surface area contributed by atoms with Crippen molar-refractivity contribution in [3.63, 3.8) is 0 Å². The van der Waals surface area contributed by atoms with Crippen LogP contribution in [-0.4, -0.2) is 64.8 Å². The van der Waals surface area contributed by atoms with Gasteiger partial charge in [0.2, 0.25) is 0 Å². The number of rotatable bonds is 9. The van der Waals surface area contributed by atoms with Crippen LogP contribution in [-0.2, 0) is 22.6 Å². The molecule has 12 heteroatoms. The molecule has 1 unspecified atom stereocenters. The predicted octanol–water partition coefficient (Wildman–Crippen LogP) is 4.81. The number of hydrogen-bond donors (Lipinski definition) is 2. The second-order valence-electron chi connectivity index (χ2n) is 9.24. The number of aromatic nitrogens is 2. The van der Waals surface area contributed by atoms with Crippen molar-refractivity contribution >= 4 is 56.0 Å². The van der Waals surface area contributed by atoms with Gasteiger partial charge in [-0.3, -0.25) is 8.89 Å². The summed E-state index contributed by atoms with van der Waals surface area (Å²) >= 11 is 3.59. The van der Waals surface area contributed by atoms with Crippen LogP contribution in [0.15, 0.2) is 74.4 Å². The number of hydrogen-bond acceptors (Lipinski definition) is 7. The summed E-state index contributed by atoms with van der Waals surface area (Å²) in [6.07, 6.45) is 6.74. The molecule has 40 heavy (non-hydrogen) atoms. The Hall–Kier alpha value is -3.48. The van der Waals surface area contributed by atoms with Gasteiger partial charge in [-0.05, 0) is 34.1 Å². The summed E-state index contributed by atoms with van der Waals surface area (Å²) in [7, 11) is 2.32. The quantitative estimate of drug-likeness (QED) is 0.258. The Kier molecular flexibility index (Phi) is 10.1. The number of methoxy groups -OCH3 is 1. The fourth-order valence-corrected chi connectivity index (χ4v) is 5.56. The van der Waals surface area contributed by atoms with E-state index in [1.807, 2.05) is 69.7 Å². The van der Waals surface area contributed by atoms with E-state index in [-0.39, 0.29) is 5.25 Å². The Morgan fingerprint density at radius 1 is 1.27 bits per heavy atom. The maximum absolute atomic E-state index is 12.9. The van der Waals surface area contributed by atoms with Gasteiger partial charge in [-0.1, -0.05) is 26.0 Å². The number of benzene rings is 2. The predicted molar refractivity (Wildman–Crippen MR) is 167 cm³/mol. The Balaban J connectivity index is 1.72. The van der Waals surface area contributed by atoms with Crippen molar-refractivity contribution in [1.82, 2.24) is 9.78 Å². The highest BCUT2D eigenvalue weighted by molar-refractivity contribution is 9.12. The summed E-state index contributed by atoms with van der Waals surface area (Å²) in [6.45, 7) is 6.73. The number of aliphatic imine (C=N–C) groups is 2. The lowest BCUT2D eigenvalue weighted by atomic mass is 10.0. The number of para-hydroxylation sites is 1. The Morgan fingerprint density at radius 2 is 2.02 bits per heavy atom. The van der Waals surface area contributed by atoms with Crippen LogP contribution >= 0.6 is 15.9 Å². The van der Waals surface area contributed by atoms with E-state index in [0.29, 0.717) is 39.9 Å². The lowest BCUT2D eigenvalue weighted by molar-refractivity contribution is 0.122. The summed E-state index contributed by atoms with van der Waals surface area (Å²) in [4.78, 5) is 11.9. The third kappa shape index (κ3) is 6.98. The number of halogens is 1. The van der Waals surface area contributed by atoms with Crippen LogP contribution in [0, 0.1) is 0 Å². The summed E-state index contributed by atoms with van der Waals surface area (Å²) in [6, 6.07) is 11.4. The number of nitrogens with one attached hydrogen (secondary N) is 1. The van der Waals surface area contributed by atoms with Gasteiger partial charge in [0.05, 0.1) is 64.4 Å². The maximum atomic E-state index is 12.9. The van der Waals surface area contributed by atoms with E-state index < -0.39 is 10.8 Å². The van der Waals surface area contributed by atoms with E-state index in [1.54, 1.807) is 18.0 Å². The molecule has 0 saturated carbocycles. The first kappa shape index (κ1) is 29.5. The second kappa shape index (κ2) is 13.7. The number of nitrogens with zero attached hydrogens (tertiary/aromatic N) is 5. The molecule has 212 valence electrons. The molecule has 3 aromatic rings. The van der Waals surface area contributed by atoms with E-state index in [1.165, 1.54) is 6.34 Å². The van der Waals surface area contributed by atoms with Gasteiger partial charge in [-0.2, -0.15) is 5.10 Å². The molecule has 0 spiro atoms. The molecule has 3 N–H and O–H groups in total. The van der Waals surface area contributed by atoms with Gasteiger partial charge in [-0.25, -0.2) is 9.98 Å². The van der Waals surface area contributed by atoms with Gasteiger partial charge in [0.15, 0.2) is 5.84 Å². The molecule has 0 amide bonds. The number of aryl methyl sites for hydroxylation is 1. The largest absolute Gasteiger partial charge is 0.494 e. The molecule has 0 bridgehead atoms. The van der Waals surface area contributed by atoms with E-state index >= 15 is 0 Å². The molecule has 1 aliphatic rings. The third-order valence-corrected chi connectivity index (χ3v) is 8.41. The number of ether oxygens (including phenoxy) is 2. The minimum atomic E-state index is -1.22. The fourth-order valence-electron chi connectivity index (χ4n) is 4.22. The van der Waals surface area contributed by atoms with Crippen LogP contribution in [0.2, 0.25) is 0 Å². The lowest BCUT2D eigenvalue weighted by Crippen LogP contribution is -2.36. The van der Waals surface area contributed by atoms with E-state index in [4.69, 9.17) is 15.2 Å². The molecule has 2 aromatic carbocycles. The monoisotopic (exact) mass is 627 g/mol. The first-order valence-electron chi connectivity index (χ1n) is 12.8. The molecule has 0 aliphatic carbocycles. The normalized spacial score (nSPS) is 15.6. The minimum Gasteiger partial charge on any atom is -0.494 e. The van der Waals surface area contributed by atoms with Crippen LogP contribution in [0.3, 0.4) is 0 Å². The van der Waals surface area contributed by atoms with Gasteiger partial charge >= 0.3 is 0 Å². The van der Waals surface area contributed by atoms with Gasteiger partial charge < -0.3 is 25.4 Å². The van der Waals surface area contributed by atoms with Gasteiger partial charge in [0, 0.05) is 60.7 Å². The zero-order valence-corrected chi connectivity index (χ0v) is 25.4. The van der Waals surface area contributed by atoms with Crippen LogP contribution in [0.4, 0.5) is 17.1 Å². The molecule has 1 aromatic heterocycles. The Bertz CT molecular complexity index is 1450. The van der Waals surface area contributed by atoms with Crippen LogP contribution in [0.25, 0.3) is 11.1 Å². The van der Waals surface area contributed by atoms with Crippen LogP contribution < -0.4 is 20.7 Å². The molecule has 1 fully saturated rings. The Labute approximate surface area is 245 Å². The summed E-state index contributed by atoms with van der Waals surface area (Å²) in [5.74, 6) is 0.990. The molecule has 1 aliphatic heterocycles. The third-order valence-electron chi connectivity index (χ3n) is 6.19. The van der Waals surface area contributed by atoms with Crippen molar-refractivity contribution in [3.05, 3.63) is 59.5 Å². The van der Waals surface area contributed by atoms with Crippen molar-refractivity contribution in [1.29, 1.82) is 0 Å². The van der Waals surface area contributed by atoms with Crippen LogP contribution in [0.5, 0.6) is 5.75 Å². The zero-order valence-electron chi connectivity index (χ0n) is 23.0. The first-order chi connectivity index (χ1) is 19.3. The number of morpholine rings is 1. The second-order valence-corrected chi connectivity index (χ2v) is 12.1. The highest BCUT2D eigenvalue weighted by atomic mass is 79.9. The van der Waals surface area contributed by atoms with Crippen molar-refractivity contribution in [2.45, 2.75) is 24.0 Å². The molecule has 4 rings (SSSR count). The molecule has 2 heterocycles. The lowest BCUT2D eigenvalue weighted by Gasteiger charge is -2.31. The average molecular weight is 629 g/mol. The number of nitrogens with two attached hydrogens (primary N) is 1. The van der Waals surface area contributed by atoms with E-state index in [9.17, 15) is 4.21 Å². The van der Waals surface area contributed by atoms with Gasteiger partial charge in [0.1, 0.15) is 5.75 Å². The van der Waals surface area contributed by atoms with Crippen LogP contribution in [0.1, 0.15) is 13.8 Å². The first-order valence-corrected chi connectivity index (χ1v) is 14.8. The molecule has 0 radical (unpaired) electrons. The average Bonchev–Trinajstić information content (AvgIpc) is 3.41. The van der Waals surface area contributed by atoms with Gasteiger partial charge in [-0.15, -0.1) is 0 Å². The number of amidine groups is 1. The van der Waals surface area contributed by atoms with Crippen molar-refractivity contribution in [2.24, 2.45) is 22.8 Å².